The number of rotatable bonds is 5. The van der Waals surface area contributed by atoms with Crippen LogP contribution in [0, 0.1) is 5.82 Å². The number of anilines is 2. The number of morpholine rings is 1. The van der Waals surface area contributed by atoms with Gasteiger partial charge in [-0.25, -0.2) is 17.1 Å². The Morgan fingerprint density at radius 2 is 1.86 bits per heavy atom. The largest absolute Gasteiger partial charge is 0.378 e. The van der Waals surface area contributed by atoms with Crippen LogP contribution < -0.4 is 10.2 Å². The van der Waals surface area contributed by atoms with Crippen molar-refractivity contribution in [3.05, 3.63) is 53.8 Å². The van der Waals surface area contributed by atoms with Gasteiger partial charge < -0.3 is 15.0 Å². The van der Waals surface area contributed by atoms with Gasteiger partial charge in [0.15, 0.2) is 0 Å². The molecule has 1 aliphatic rings. The average Bonchev–Trinajstić information content (AvgIpc) is 2.68. The quantitative estimate of drug-likeness (QED) is 0.822. The Labute approximate surface area is 163 Å². The lowest BCUT2D eigenvalue weighted by molar-refractivity contribution is 0.102. The molecule has 1 heterocycles. The van der Waals surface area contributed by atoms with Crippen LogP contribution in [0.1, 0.15) is 10.4 Å². The molecule has 1 N–H and O–H groups in total. The number of carbonyl (C=O) groups is 1. The molecule has 0 spiro atoms. The monoisotopic (exact) mass is 407 g/mol. The van der Waals surface area contributed by atoms with Crippen molar-refractivity contribution in [1.82, 2.24) is 4.31 Å². The number of carbonyl (C=O) groups excluding carboxylic acids is 1. The van der Waals surface area contributed by atoms with Crippen LogP contribution in [0.3, 0.4) is 0 Å². The number of hydrogen-bond donors (Lipinski definition) is 1. The Bertz CT molecular complexity index is 973. The minimum Gasteiger partial charge on any atom is -0.378 e. The van der Waals surface area contributed by atoms with Crippen molar-refractivity contribution in [2.75, 3.05) is 50.6 Å². The molecule has 150 valence electrons. The van der Waals surface area contributed by atoms with Crippen LogP contribution in [0.2, 0.25) is 0 Å². The predicted octanol–water partition coefficient (Wildman–Crippen LogP) is 2.16. The standard InChI is InChI=1S/C19H22FN3O4S/c1-22(2)28(25,26)16-6-7-18(23-8-10-27-11-9-23)17(13-16)19(24)21-15-5-3-4-14(20)12-15/h3-7,12-13H,8-11H2,1-2H3,(H,21,24). The van der Waals surface area contributed by atoms with Gasteiger partial charge >= 0.3 is 0 Å². The number of benzene rings is 2. The first-order valence-corrected chi connectivity index (χ1v) is 10.2. The van der Waals surface area contributed by atoms with Crippen molar-refractivity contribution in [3.8, 4) is 0 Å². The van der Waals surface area contributed by atoms with Gasteiger partial charge in [-0.15, -0.1) is 0 Å². The van der Waals surface area contributed by atoms with Gasteiger partial charge in [0.1, 0.15) is 5.82 Å². The van der Waals surface area contributed by atoms with Crippen molar-refractivity contribution in [3.63, 3.8) is 0 Å². The molecule has 3 rings (SSSR count). The third kappa shape index (κ3) is 4.32. The van der Waals surface area contributed by atoms with E-state index in [4.69, 9.17) is 4.74 Å². The lowest BCUT2D eigenvalue weighted by Gasteiger charge is -2.30. The van der Waals surface area contributed by atoms with Gasteiger partial charge in [-0.1, -0.05) is 6.07 Å². The van der Waals surface area contributed by atoms with Crippen molar-refractivity contribution in [2.24, 2.45) is 0 Å². The van der Waals surface area contributed by atoms with Gasteiger partial charge in [-0.05, 0) is 36.4 Å². The first-order valence-electron chi connectivity index (χ1n) is 8.75. The van der Waals surface area contributed by atoms with E-state index in [1.165, 1.54) is 44.4 Å². The molecule has 1 aliphatic heterocycles. The smallest absolute Gasteiger partial charge is 0.257 e. The fraction of sp³-hybridized carbons (Fsp3) is 0.316. The molecular weight excluding hydrogens is 385 g/mol. The highest BCUT2D eigenvalue weighted by Crippen LogP contribution is 2.27. The zero-order valence-corrected chi connectivity index (χ0v) is 16.5. The maximum atomic E-state index is 13.4. The molecule has 1 saturated heterocycles. The topological polar surface area (TPSA) is 79.0 Å². The molecule has 2 aromatic carbocycles. The van der Waals surface area contributed by atoms with E-state index in [1.54, 1.807) is 12.1 Å². The van der Waals surface area contributed by atoms with Gasteiger partial charge in [-0.3, -0.25) is 4.79 Å². The first kappa shape index (κ1) is 20.2. The number of hydrogen-bond acceptors (Lipinski definition) is 5. The summed E-state index contributed by atoms with van der Waals surface area (Å²) < 4.78 is 44.9. The maximum absolute atomic E-state index is 13.4. The first-order chi connectivity index (χ1) is 13.3. The van der Waals surface area contributed by atoms with E-state index >= 15 is 0 Å². The second kappa shape index (κ2) is 8.26. The van der Waals surface area contributed by atoms with E-state index in [9.17, 15) is 17.6 Å². The zero-order valence-electron chi connectivity index (χ0n) is 15.7. The average molecular weight is 407 g/mol. The Morgan fingerprint density at radius 3 is 2.50 bits per heavy atom. The summed E-state index contributed by atoms with van der Waals surface area (Å²) in [5.74, 6) is -0.988. The fourth-order valence-electron chi connectivity index (χ4n) is 2.91. The van der Waals surface area contributed by atoms with Crippen LogP contribution in [0.5, 0.6) is 0 Å². The molecule has 7 nitrogen and oxygen atoms in total. The van der Waals surface area contributed by atoms with Crippen molar-refractivity contribution in [1.29, 1.82) is 0 Å². The third-order valence-corrected chi connectivity index (χ3v) is 6.24. The van der Waals surface area contributed by atoms with Crippen molar-refractivity contribution >= 4 is 27.3 Å². The highest BCUT2D eigenvalue weighted by Gasteiger charge is 2.24. The molecule has 0 aliphatic carbocycles. The van der Waals surface area contributed by atoms with E-state index in [1.807, 2.05) is 4.90 Å². The lowest BCUT2D eigenvalue weighted by Crippen LogP contribution is -2.37. The molecule has 2 aromatic rings. The number of amides is 1. The minimum atomic E-state index is -3.71. The second-order valence-corrected chi connectivity index (χ2v) is 8.68. The number of sulfonamides is 1. The van der Waals surface area contributed by atoms with Gasteiger partial charge in [0.05, 0.1) is 23.7 Å². The molecular formula is C19H22FN3O4S. The second-order valence-electron chi connectivity index (χ2n) is 6.53. The van der Waals surface area contributed by atoms with E-state index in [-0.39, 0.29) is 10.5 Å². The van der Waals surface area contributed by atoms with Crippen LogP contribution >= 0.6 is 0 Å². The fourth-order valence-corrected chi connectivity index (χ4v) is 3.84. The van der Waals surface area contributed by atoms with Crippen molar-refractivity contribution in [2.45, 2.75) is 4.90 Å². The number of halogens is 1. The molecule has 0 atom stereocenters. The molecule has 0 bridgehead atoms. The molecule has 0 radical (unpaired) electrons. The molecule has 0 saturated carbocycles. The predicted molar refractivity (Wildman–Crippen MR) is 105 cm³/mol. The van der Waals surface area contributed by atoms with E-state index in [0.717, 1.165) is 4.31 Å². The van der Waals surface area contributed by atoms with Crippen molar-refractivity contribution < 1.29 is 22.3 Å². The third-order valence-electron chi connectivity index (χ3n) is 4.43. The Kier molecular flexibility index (Phi) is 5.97. The normalized spacial score (nSPS) is 14.9. The minimum absolute atomic E-state index is 0.0129. The van der Waals surface area contributed by atoms with Crippen LogP contribution in [-0.4, -0.2) is 59.0 Å². The molecule has 0 aromatic heterocycles. The summed E-state index contributed by atoms with van der Waals surface area (Å²) in [6.07, 6.45) is 0. The van der Waals surface area contributed by atoms with Crippen LogP contribution in [0.25, 0.3) is 0 Å². The Hall–Kier alpha value is -2.49. The van der Waals surface area contributed by atoms with Crippen LogP contribution in [-0.2, 0) is 14.8 Å². The molecule has 9 heteroatoms. The van der Waals surface area contributed by atoms with E-state index < -0.39 is 21.7 Å². The number of nitrogens with zero attached hydrogens (tertiary/aromatic N) is 2. The van der Waals surface area contributed by atoms with Crippen LogP contribution in [0.15, 0.2) is 47.4 Å². The summed E-state index contributed by atoms with van der Waals surface area (Å²) in [5, 5.41) is 2.64. The molecule has 28 heavy (non-hydrogen) atoms. The van der Waals surface area contributed by atoms with Gasteiger partial charge in [-0.2, -0.15) is 0 Å². The van der Waals surface area contributed by atoms with Crippen LogP contribution in [0.4, 0.5) is 15.8 Å². The van der Waals surface area contributed by atoms with E-state index in [2.05, 4.69) is 5.32 Å². The Morgan fingerprint density at radius 1 is 1.14 bits per heavy atom. The SMILES string of the molecule is CN(C)S(=O)(=O)c1ccc(N2CCOCC2)c(C(=O)Nc2cccc(F)c2)c1. The summed E-state index contributed by atoms with van der Waals surface area (Å²) in [5.41, 5.74) is 1.10. The van der Waals surface area contributed by atoms with Gasteiger partial charge in [0.2, 0.25) is 10.0 Å². The van der Waals surface area contributed by atoms with Gasteiger partial charge in [0, 0.05) is 38.6 Å². The highest BCUT2D eigenvalue weighted by atomic mass is 32.2. The molecule has 0 unspecified atom stereocenters. The lowest BCUT2D eigenvalue weighted by atomic mass is 10.1. The summed E-state index contributed by atoms with van der Waals surface area (Å²) in [6.45, 7) is 2.20. The molecule has 1 fully saturated rings. The van der Waals surface area contributed by atoms with E-state index in [0.29, 0.717) is 37.7 Å². The Balaban J connectivity index is 2.02. The summed E-state index contributed by atoms with van der Waals surface area (Å²) in [6, 6.07) is 10.00. The molecule has 1 amide bonds. The number of nitrogens with one attached hydrogen (secondary N) is 1. The highest BCUT2D eigenvalue weighted by molar-refractivity contribution is 7.89. The number of ether oxygens (including phenoxy) is 1. The summed E-state index contributed by atoms with van der Waals surface area (Å²) in [7, 11) is -0.853. The summed E-state index contributed by atoms with van der Waals surface area (Å²) in [4.78, 5) is 14.9. The van der Waals surface area contributed by atoms with Gasteiger partial charge in [0.25, 0.3) is 5.91 Å². The maximum Gasteiger partial charge on any atom is 0.257 e. The zero-order chi connectivity index (χ0) is 20.3. The summed E-state index contributed by atoms with van der Waals surface area (Å²) >= 11 is 0.